The quantitative estimate of drug-likeness (QED) is 0.805. The molecule has 1 N–H and O–H groups in total. The summed E-state index contributed by atoms with van der Waals surface area (Å²) in [4.78, 5) is 2.28. The van der Waals surface area contributed by atoms with E-state index < -0.39 is 6.10 Å². The van der Waals surface area contributed by atoms with Crippen LogP contribution in [0.2, 0.25) is 10.0 Å². The van der Waals surface area contributed by atoms with Crippen LogP contribution < -0.4 is 9.47 Å². The Hall–Kier alpha value is -1.46. The van der Waals surface area contributed by atoms with E-state index in [9.17, 15) is 5.11 Å². The fourth-order valence-electron chi connectivity index (χ4n) is 3.90. The molecule has 0 amide bonds. The first-order valence-electron chi connectivity index (χ1n) is 9.28. The monoisotopic (exact) mass is 407 g/mol. The molecular formula is C21H23Cl2NO3. The number of aliphatic hydroxyl groups is 1. The highest BCUT2D eigenvalue weighted by molar-refractivity contribution is 6.30. The highest BCUT2D eigenvalue weighted by Crippen LogP contribution is 2.41. The minimum absolute atomic E-state index is 0.117. The predicted molar refractivity (Wildman–Crippen MR) is 107 cm³/mol. The van der Waals surface area contributed by atoms with Crippen molar-refractivity contribution in [2.24, 2.45) is 0 Å². The SMILES string of the molecule is O[C@@H](COc1ccc(Cl)cc1)CN1CCC2(CC1)Cc1cc(Cl)ccc1O2. The molecule has 1 saturated heterocycles. The van der Waals surface area contributed by atoms with Gasteiger partial charge in [-0.2, -0.15) is 0 Å². The number of likely N-dealkylation sites (tertiary alicyclic amines) is 1. The molecule has 1 fully saturated rings. The first-order valence-corrected chi connectivity index (χ1v) is 10.0. The molecule has 0 bridgehead atoms. The largest absolute Gasteiger partial charge is 0.491 e. The van der Waals surface area contributed by atoms with E-state index in [4.69, 9.17) is 32.7 Å². The van der Waals surface area contributed by atoms with Crippen molar-refractivity contribution in [2.75, 3.05) is 26.2 Å². The number of ether oxygens (including phenoxy) is 2. The van der Waals surface area contributed by atoms with E-state index in [-0.39, 0.29) is 12.2 Å². The number of rotatable bonds is 5. The third-order valence-electron chi connectivity index (χ3n) is 5.35. The Kier molecular flexibility index (Phi) is 5.51. The fourth-order valence-corrected chi connectivity index (χ4v) is 4.22. The van der Waals surface area contributed by atoms with Crippen LogP contribution in [0.5, 0.6) is 11.5 Å². The van der Waals surface area contributed by atoms with Gasteiger partial charge < -0.3 is 19.5 Å². The van der Waals surface area contributed by atoms with Gasteiger partial charge in [0.25, 0.3) is 0 Å². The summed E-state index contributed by atoms with van der Waals surface area (Å²) in [7, 11) is 0. The van der Waals surface area contributed by atoms with Crippen LogP contribution in [0.4, 0.5) is 0 Å². The first kappa shape index (κ1) is 18.9. The molecule has 4 rings (SSSR count). The smallest absolute Gasteiger partial charge is 0.123 e. The van der Waals surface area contributed by atoms with Gasteiger partial charge in [0, 0.05) is 48.9 Å². The second kappa shape index (κ2) is 7.88. The molecule has 144 valence electrons. The van der Waals surface area contributed by atoms with Gasteiger partial charge in [0.15, 0.2) is 0 Å². The predicted octanol–water partition coefficient (Wildman–Crippen LogP) is 4.20. The average molecular weight is 408 g/mol. The van der Waals surface area contributed by atoms with Crippen LogP contribution in [0.15, 0.2) is 42.5 Å². The number of aliphatic hydroxyl groups excluding tert-OH is 1. The summed E-state index contributed by atoms with van der Waals surface area (Å²) in [6.07, 6.45) is 2.28. The van der Waals surface area contributed by atoms with Gasteiger partial charge in [0.1, 0.15) is 29.8 Å². The maximum Gasteiger partial charge on any atom is 0.123 e. The number of nitrogens with zero attached hydrogens (tertiary/aromatic N) is 1. The van der Waals surface area contributed by atoms with Crippen LogP contribution in [-0.4, -0.2) is 48.0 Å². The van der Waals surface area contributed by atoms with Crippen molar-refractivity contribution >= 4 is 23.2 Å². The van der Waals surface area contributed by atoms with Crippen LogP contribution in [0.1, 0.15) is 18.4 Å². The Labute approximate surface area is 169 Å². The molecule has 0 saturated carbocycles. The zero-order valence-corrected chi connectivity index (χ0v) is 16.5. The molecule has 0 radical (unpaired) electrons. The zero-order valence-electron chi connectivity index (χ0n) is 15.0. The number of halogens is 2. The number of β-amino-alcohol motifs (C(OH)–C–C–N with tert-alkyl or cyclic N) is 1. The van der Waals surface area contributed by atoms with Crippen molar-refractivity contribution in [1.82, 2.24) is 4.90 Å². The summed E-state index contributed by atoms with van der Waals surface area (Å²) in [5.41, 5.74) is 1.08. The fraction of sp³-hybridized carbons (Fsp3) is 0.429. The molecule has 0 aromatic heterocycles. The summed E-state index contributed by atoms with van der Waals surface area (Å²) < 4.78 is 11.9. The molecule has 0 aliphatic carbocycles. The molecule has 1 spiro atoms. The lowest BCUT2D eigenvalue weighted by Gasteiger charge is -2.39. The minimum atomic E-state index is -0.532. The van der Waals surface area contributed by atoms with Gasteiger partial charge in [-0.05, 0) is 48.0 Å². The third kappa shape index (κ3) is 4.52. The number of fused-ring (bicyclic) bond motifs is 1. The first-order chi connectivity index (χ1) is 13.0. The molecule has 1 atom stereocenters. The van der Waals surface area contributed by atoms with E-state index in [1.807, 2.05) is 18.2 Å². The second-order valence-corrected chi connectivity index (χ2v) is 8.31. The highest BCUT2D eigenvalue weighted by Gasteiger charge is 2.42. The Bertz CT molecular complexity index is 789. The number of piperidine rings is 1. The molecule has 4 nitrogen and oxygen atoms in total. The Balaban J connectivity index is 1.24. The lowest BCUT2D eigenvalue weighted by molar-refractivity contribution is -0.00195. The number of hydrogen-bond acceptors (Lipinski definition) is 4. The summed E-state index contributed by atoms with van der Waals surface area (Å²) in [6, 6.07) is 13.0. The molecule has 2 aromatic carbocycles. The van der Waals surface area contributed by atoms with Gasteiger partial charge in [-0.1, -0.05) is 23.2 Å². The van der Waals surface area contributed by atoms with Gasteiger partial charge in [-0.15, -0.1) is 0 Å². The molecule has 0 unspecified atom stereocenters. The molecular weight excluding hydrogens is 385 g/mol. The zero-order chi connectivity index (χ0) is 18.9. The maximum absolute atomic E-state index is 10.3. The molecule has 27 heavy (non-hydrogen) atoms. The van der Waals surface area contributed by atoms with E-state index in [0.29, 0.717) is 17.3 Å². The minimum Gasteiger partial charge on any atom is -0.491 e. The summed E-state index contributed by atoms with van der Waals surface area (Å²) >= 11 is 12.0. The van der Waals surface area contributed by atoms with E-state index in [1.165, 1.54) is 5.56 Å². The lowest BCUT2D eigenvalue weighted by Crippen LogP contribution is -2.49. The van der Waals surface area contributed by atoms with Crippen molar-refractivity contribution in [3.8, 4) is 11.5 Å². The van der Waals surface area contributed by atoms with Crippen LogP contribution in [0.3, 0.4) is 0 Å². The Morgan fingerprint density at radius 1 is 1.07 bits per heavy atom. The van der Waals surface area contributed by atoms with E-state index >= 15 is 0 Å². The van der Waals surface area contributed by atoms with Gasteiger partial charge in [0.05, 0.1) is 0 Å². The van der Waals surface area contributed by atoms with Crippen molar-refractivity contribution in [1.29, 1.82) is 0 Å². The summed E-state index contributed by atoms with van der Waals surface area (Å²) in [6.45, 7) is 2.67. The molecule has 2 aliphatic heterocycles. The molecule has 2 aliphatic rings. The van der Waals surface area contributed by atoms with Crippen molar-refractivity contribution in [3.05, 3.63) is 58.1 Å². The van der Waals surface area contributed by atoms with Crippen molar-refractivity contribution in [2.45, 2.75) is 31.0 Å². The number of benzene rings is 2. The van der Waals surface area contributed by atoms with Gasteiger partial charge >= 0.3 is 0 Å². The topological polar surface area (TPSA) is 41.9 Å². The second-order valence-electron chi connectivity index (χ2n) is 7.43. The van der Waals surface area contributed by atoms with Crippen LogP contribution in [0.25, 0.3) is 0 Å². The highest BCUT2D eigenvalue weighted by atomic mass is 35.5. The van der Waals surface area contributed by atoms with Gasteiger partial charge in [-0.25, -0.2) is 0 Å². The van der Waals surface area contributed by atoms with Crippen LogP contribution >= 0.6 is 23.2 Å². The molecule has 2 aromatic rings. The summed E-state index contributed by atoms with van der Waals surface area (Å²) in [5, 5.41) is 11.7. The van der Waals surface area contributed by atoms with Crippen LogP contribution in [0, 0.1) is 0 Å². The van der Waals surface area contributed by atoms with Crippen molar-refractivity contribution in [3.63, 3.8) is 0 Å². The standard InChI is InChI=1S/C21H23Cl2NO3/c22-16-1-4-19(5-2-16)26-14-18(25)13-24-9-7-21(8-10-24)12-15-11-17(23)3-6-20(15)27-21/h1-6,11,18,25H,7-10,12-14H2/t18-/m1/s1. The van der Waals surface area contributed by atoms with Gasteiger partial charge in [0.2, 0.25) is 0 Å². The average Bonchev–Trinajstić information content (AvgIpc) is 3.00. The number of hydrogen-bond donors (Lipinski definition) is 1. The third-order valence-corrected chi connectivity index (χ3v) is 5.84. The normalized spacial score (nSPS) is 19.5. The molecule has 6 heteroatoms. The lowest BCUT2D eigenvalue weighted by atomic mass is 9.87. The van der Waals surface area contributed by atoms with E-state index in [1.54, 1.807) is 24.3 Å². The summed E-state index contributed by atoms with van der Waals surface area (Å²) in [5.74, 6) is 1.68. The maximum atomic E-state index is 10.3. The van der Waals surface area contributed by atoms with E-state index in [2.05, 4.69) is 4.90 Å². The van der Waals surface area contributed by atoms with Crippen LogP contribution in [-0.2, 0) is 6.42 Å². The van der Waals surface area contributed by atoms with E-state index in [0.717, 1.165) is 43.1 Å². The van der Waals surface area contributed by atoms with Crippen molar-refractivity contribution < 1.29 is 14.6 Å². The molecule has 2 heterocycles. The van der Waals surface area contributed by atoms with Gasteiger partial charge in [-0.3, -0.25) is 0 Å². The Morgan fingerprint density at radius 2 is 1.78 bits per heavy atom. The Morgan fingerprint density at radius 3 is 2.52 bits per heavy atom.